The van der Waals surface area contributed by atoms with Gasteiger partial charge in [0.15, 0.2) is 0 Å². The van der Waals surface area contributed by atoms with Crippen LogP contribution in [0.4, 0.5) is 0 Å². The first-order valence-electron chi connectivity index (χ1n) is 4.28. The van der Waals surface area contributed by atoms with Crippen LogP contribution in [0.15, 0.2) is 16.8 Å². The van der Waals surface area contributed by atoms with E-state index in [-0.39, 0.29) is 19.8 Å². The molecule has 0 aromatic rings. The van der Waals surface area contributed by atoms with Crippen molar-refractivity contribution in [2.75, 3.05) is 19.8 Å². The number of hydrogen-bond acceptors (Lipinski definition) is 4. The Morgan fingerprint density at radius 1 is 1.23 bits per heavy atom. The van der Waals surface area contributed by atoms with Gasteiger partial charge in [0, 0.05) is 18.5 Å². The molecular weight excluding hydrogens is 170 g/mol. The minimum Gasteiger partial charge on any atom is -0.396 e. The first kappa shape index (κ1) is 12.3. The molecule has 0 aliphatic carbocycles. The first-order chi connectivity index (χ1) is 6.24. The summed E-state index contributed by atoms with van der Waals surface area (Å²) in [4.78, 5) is 3.93. The highest BCUT2D eigenvalue weighted by molar-refractivity contribution is 5.83. The lowest BCUT2D eigenvalue weighted by Gasteiger charge is -2.00. The van der Waals surface area contributed by atoms with Crippen LogP contribution in [0.3, 0.4) is 0 Å². The molecule has 4 heteroatoms. The molecule has 0 fully saturated rings. The fourth-order valence-corrected chi connectivity index (χ4v) is 0.733. The van der Waals surface area contributed by atoms with E-state index in [1.165, 1.54) is 0 Å². The van der Waals surface area contributed by atoms with Crippen molar-refractivity contribution in [1.29, 1.82) is 0 Å². The zero-order chi connectivity index (χ0) is 10.1. The maximum absolute atomic E-state index is 8.86. The summed E-state index contributed by atoms with van der Waals surface area (Å²) in [7, 11) is 0. The van der Waals surface area contributed by atoms with Crippen LogP contribution in [-0.2, 0) is 0 Å². The predicted octanol–water partition coefficient (Wildman–Crippen LogP) is 0.0883. The number of aliphatic imine (C=N–C) groups is 1. The predicted molar refractivity (Wildman–Crippen MR) is 51.7 cm³/mol. The fraction of sp³-hybridized carbons (Fsp3) is 0.667. The molecule has 0 unspecified atom stereocenters. The lowest BCUT2D eigenvalue weighted by Crippen LogP contribution is -1.97. The molecule has 0 bridgehead atoms. The van der Waals surface area contributed by atoms with Crippen LogP contribution in [0, 0.1) is 0 Å². The number of hydrogen-bond donors (Lipinski definition) is 3. The van der Waals surface area contributed by atoms with Crippen molar-refractivity contribution >= 4 is 5.71 Å². The molecule has 0 saturated heterocycles. The molecule has 0 aromatic heterocycles. The summed E-state index contributed by atoms with van der Waals surface area (Å²) in [5.74, 6) is 0. The highest BCUT2D eigenvalue weighted by Gasteiger charge is 1.94. The van der Waals surface area contributed by atoms with E-state index >= 15 is 0 Å². The second-order valence-electron chi connectivity index (χ2n) is 2.80. The zero-order valence-electron chi connectivity index (χ0n) is 7.90. The van der Waals surface area contributed by atoms with E-state index in [1.54, 1.807) is 13.1 Å². The lowest BCUT2D eigenvalue weighted by molar-refractivity contribution is 0.280. The van der Waals surface area contributed by atoms with Gasteiger partial charge in [0.2, 0.25) is 0 Å². The summed E-state index contributed by atoms with van der Waals surface area (Å²) in [6.45, 7) is 1.69. The Morgan fingerprint density at radius 2 is 1.92 bits per heavy atom. The molecule has 13 heavy (non-hydrogen) atoms. The van der Waals surface area contributed by atoms with Crippen LogP contribution in [-0.4, -0.2) is 40.9 Å². The molecule has 0 atom stereocenters. The van der Waals surface area contributed by atoms with Gasteiger partial charge >= 0.3 is 0 Å². The van der Waals surface area contributed by atoms with Gasteiger partial charge in [0.25, 0.3) is 0 Å². The molecule has 0 rings (SSSR count). The molecule has 0 aromatic carbocycles. The van der Waals surface area contributed by atoms with Gasteiger partial charge < -0.3 is 15.3 Å². The Hall–Kier alpha value is -0.710. The molecule has 0 amide bonds. The van der Waals surface area contributed by atoms with Crippen molar-refractivity contribution in [2.45, 2.75) is 19.8 Å². The van der Waals surface area contributed by atoms with Crippen LogP contribution in [0.1, 0.15) is 19.8 Å². The van der Waals surface area contributed by atoms with E-state index in [1.807, 2.05) is 0 Å². The number of aliphatic hydroxyl groups is 3. The van der Waals surface area contributed by atoms with E-state index < -0.39 is 0 Å². The summed E-state index contributed by atoms with van der Waals surface area (Å²) in [6, 6.07) is 0. The topological polar surface area (TPSA) is 73.1 Å². The third-order valence-electron chi connectivity index (χ3n) is 1.56. The van der Waals surface area contributed by atoms with Crippen molar-refractivity contribution in [1.82, 2.24) is 0 Å². The number of nitrogens with zero attached hydrogens (tertiary/aromatic N) is 1. The van der Waals surface area contributed by atoms with Gasteiger partial charge in [-0.3, -0.25) is 4.99 Å². The Labute approximate surface area is 78.2 Å². The Morgan fingerprint density at radius 3 is 2.38 bits per heavy atom. The molecule has 3 N–H and O–H groups in total. The van der Waals surface area contributed by atoms with Crippen LogP contribution in [0.25, 0.3) is 0 Å². The molecule has 0 aliphatic heterocycles. The van der Waals surface area contributed by atoms with Crippen LogP contribution >= 0.6 is 0 Å². The van der Waals surface area contributed by atoms with Gasteiger partial charge in [-0.2, -0.15) is 0 Å². The van der Waals surface area contributed by atoms with Gasteiger partial charge in [-0.1, -0.05) is 0 Å². The molecule has 76 valence electrons. The average molecular weight is 187 g/mol. The standard InChI is InChI=1S/C9H17NO3/c1-8(6-12)10-5-9(7-13)3-2-4-11/h5,11-13H,2-4,6-7H2,1H3/b9-5+,10-8?. The second kappa shape index (κ2) is 7.91. The van der Waals surface area contributed by atoms with Crippen molar-refractivity contribution in [3.05, 3.63) is 11.8 Å². The minimum atomic E-state index is -0.0742. The lowest BCUT2D eigenvalue weighted by atomic mass is 10.2. The monoisotopic (exact) mass is 187 g/mol. The Balaban J connectivity index is 4.05. The van der Waals surface area contributed by atoms with Crippen molar-refractivity contribution in [3.63, 3.8) is 0 Å². The third-order valence-corrected chi connectivity index (χ3v) is 1.56. The zero-order valence-corrected chi connectivity index (χ0v) is 7.90. The van der Waals surface area contributed by atoms with E-state index in [0.717, 1.165) is 5.57 Å². The van der Waals surface area contributed by atoms with E-state index in [2.05, 4.69) is 4.99 Å². The molecule has 0 heterocycles. The average Bonchev–Trinajstić information content (AvgIpc) is 2.17. The van der Waals surface area contributed by atoms with Gasteiger partial charge in [-0.15, -0.1) is 0 Å². The maximum atomic E-state index is 8.86. The smallest absolute Gasteiger partial charge is 0.0810 e. The van der Waals surface area contributed by atoms with Crippen molar-refractivity contribution in [3.8, 4) is 0 Å². The van der Waals surface area contributed by atoms with Crippen LogP contribution in [0.2, 0.25) is 0 Å². The molecule has 0 spiro atoms. The highest BCUT2D eigenvalue weighted by Crippen LogP contribution is 2.03. The van der Waals surface area contributed by atoms with Gasteiger partial charge in [0.1, 0.15) is 0 Å². The SMILES string of the molecule is CC(CO)=N/C=C(/CO)CCCO. The molecule has 0 aliphatic rings. The normalized spacial score (nSPS) is 13.5. The number of aliphatic hydroxyl groups excluding tert-OH is 3. The molecule has 0 radical (unpaired) electrons. The summed E-state index contributed by atoms with van der Waals surface area (Å²) in [5.41, 5.74) is 1.37. The second-order valence-corrected chi connectivity index (χ2v) is 2.80. The van der Waals surface area contributed by atoms with Gasteiger partial charge in [-0.25, -0.2) is 0 Å². The Bertz CT molecular complexity index is 187. The number of rotatable bonds is 6. The van der Waals surface area contributed by atoms with Gasteiger partial charge in [-0.05, 0) is 25.3 Å². The van der Waals surface area contributed by atoms with Crippen LogP contribution < -0.4 is 0 Å². The molecule has 0 saturated carbocycles. The minimum absolute atomic E-state index is 0.0534. The largest absolute Gasteiger partial charge is 0.396 e. The van der Waals surface area contributed by atoms with Crippen LogP contribution in [0.5, 0.6) is 0 Å². The van der Waals surface area contributed by atoms with Gasteiger partial charge in [0.05, 0.1) is 13.2 Å². The summed E-state index contributed by atoms with van der Waals surface area (Å²) in [6.07, 6.45) is 2.80. The van der Waals surface area contributed by atoms with Crippen molar-refractivity contribution in [2.24, 2.45) is 4.99 Å². The van der Waals surface area contributed by atoms with E-state index in [0.29, 0.717) is 18.6 Å². The molecule has 4 nitrogen and oxygen atoms in total. The van der Waals surface area contributed by atoms with E-state index in [9.17, 15) is 0 Å². The summed E-state index contributed by atoms with van der Waals surface area (Å²) in [5, 5.41) is 26.0. The van der Waals surface area contributed by atoms with E-state index in [4.69, 9.17) is 15.3 Å². The quantitative estimate of drug-likeness (QED) is 0.516. The summed E-state index contributed by atoms with van der Waals surface area (Å²) < 4.78 is 0. The van der Waals surface area contributed by atoms with Crippen molar-refractivity contribution < 1.29 is 15.3 Å². The highest BCUT2D eigenvalue weighted by atomic mass is 16.3. The Kier molecular flexibility index (Phi) is 7.48. The fourth-order valence-electron chi connectivity index (χ4n) is 0.733. The molecular formula is C9H17NO3. The summed E-state index contributed by atoms with van der Waals surface area (Å²) >= 11 is 0. The first-order valence-corrected chi connectivity index (χ1v) is 4.28. The maximum Gasteiger partial charge on any atom is 0.0810 e. The third kappa shape index (κ3) is 6.45.